The molecule has 1 N–H and O–H groups in total. The van der Waals surface area contributed by atoms with Crippen LogP contribution < -0.4 is 10.9 Å². The van der Waals surface area contributed by atoms with Gasteiger partial charge in [0, 0.05) is 18.3 Å². The molecule has 0 aliphatic rings. The van der Waals surface area contributed by atoms with Crippen molar-refractivity contribution < 1.29 is 4.79 Å². The van der Waals surface area contributed by atoms with E-state index in [0.29, 0.717) is 12.1 Å². The highest BCUT2D eigenvalue weighted by Crippen LogP contribution is 1.89. The van der Waals surface area contributed by atoms with Crippen LogP contribution in [0.3, 0.4) is 0 Å². The Morgan fingerprint density at radius 2 is 2.17 bits per heavy atom. The number of amides is 1. The second kappa shape index (κ2) is 6.96. The Morgan fingerprint density at radius 3 is 2.83 bits per heavy atom. The molecule has 0 fully saturated rings. The van der Waals surface area contributed by atoms with E-state index in [1.807, 2.05) is 14.1 Å². The van der Waals surface area contributed by atoms with Gasteiger partial charge in [0.05, 0.1) is 0 Å². The van der Waals surface area contributed by atoms with Gasteiger partial charge in [0.2, 0.25) is 5.91 Å². The van der Waals surface area contributed by atoms with Crippen LogP contribution in [0.2, 0.25) is 0 Å². The number of hydrogen-bond acceptors (Lipinski definition) is 3. The number of nitrogens with zero attached hydrogens (tertiary/aromatic N) is 2. The fourth-order valence-electron chi connectivity index (χ4n) is 1.61. The van der Waals surface area contributed by atoms with Crippen LogP contribution in [0.5, 0.6) is 0 Å². The first kappa shape index (κ1) is 14.4. The Morgan fingerprint density at radius 1 is 1.44 bits per heavy atom. The van der Waals surface area contributed by atoms with E-state index in [0.717, 1.165) is 13.0 Å². The summed E-state index contributed by atoms with van der Waals surface area (Å²) in [6.07, 6.45) is 2.54. The zero-order chi connectivity index (χ0) is 13.5. The molecule has 1 amide bonds. The van der Waals surface area contributed by atoms with Crippen molar-refractivity contribution in [2.75, 3.05) is 27.2 Å². The highest BCUT2D eigenvalue weighted by molar-refractivity contribution is 5.75. The fourth-order valence-corrected chi connectivity index (χ4v) is 1.61. The first-order valence-corrected chi connectivity index (χ1v) is 6.08. The summed E-state index contributed by atoms with van der Waals surface area (Å²) in [4.78, 5) is 25.4. The van der Waals surface area contributed by atoms with E-state index in [-0.39, 0.29) is 18.0 Å². The number of carbonyl (C=O) groups is 1. The molecule has 0 bridgehead atoms. The van der Waals surface area contributed by atoms with Crippen LogP contribution in [-0.4, -0.2) is 42.6 Å². The molecule has 100 valence electrons. The molecule has 0 aliphatic heterocycles. The average molecular weight is 251 g/mol. The van der Waals surface area contributed by atoms with E-state index >= 15 is 0 Å². The van der Waals surface area contributed by atoms with E-state index in [1.54, 1.807) is 25.3 Å². The molecule has 0 aromatic carbocycles. The summed E-state index contributed by atoms with van der Waals surface area (Å²) in [6.45, 7) is 3.40. The Balaban J connectivity index is 2.41. The number of aryl methyl sites for hydroxylation is 1. The summed E-state index contributed by atoms with van der Waals surface area (Å²) in [6, 6.07) is 3.52. The molecule has 0 saturated heterocycles. The van der Waals surface area contributed by atoms with Crippen LogP contribution in [0.15, 0.2) is 23.1 Å². The Labute approximate surface area is 107 Å². The van der Waals surface area contributed by atoms with E-state index < -0.39 is 0 Å². The highest BCUT2D eigenvalue weighted by atomic mass is 16.2. The first-order chi connectivity index (χ1) is 8.50. The van der Waals surface area contributed by atoms with Crippen molar-refractivity contribution in [2.45, 2.75) is 19.9 Å². The van der Waals surface area contributed by atoms with E-state index in [2.05, 4.69) is 10.2 Å². The number of aromatic nitrogens is 1. The molecule has 5 heteroatoms. The van der Waals surface area contributed by atoms with Crippen molar-refractivity contribution in [3.63, 3.8) is 0 Å². The normalized spacial score (nSPS) is 10.7. The number of nitrogens with one attached hydrogen (secondary N) is 1. The molecule has 1 aromatic heterocycles. The molecule has 1 aromatic rings. The van der Waals surface area contributed by atoms with Crippen LogP contribution >= 0.6 is 0 Å². The van der Waals surface area contributed by atoms with Gasteiger partial charge in [0.1, 0.15) is 6.54 Å². The number of rotatable bonds is 6. The summed E-state index contributed by atoms with van der Waals surface area (Å²) >= 11 is 0. The minimum atomic E-state index is -0.124. The van der Waals surface area contributed by atoms with E-state index in [9.17, 15) is 9.59 Å². The maximum Gasteiger partial charge on any atom is 0.253 e. The molecule has 1 rings (SSSR count). The minimum Gasteiger partial charge on any atom is -0.355 e. The van der Waals surface area contributed by atoms with Gasteiger partial charge in [-0.25, -0.2) is 0 Å². The van der Waals surface area contributed by atoms with Crippen LogP contribution in [0, 0.1) is 6.92 Å². The lowest BCUT2D eigenvalue weighted by atomic mass is 10.3. The smallest absolute Gasteiger partial charge is 0.253 e. The number of carbonyl (C=O) groups excluding carboxylic acids is 1. The summed E-state index contributed by atoms with van der Waals surface area (Å²) in [7, 11) is 3.99. The number of pyridine rings is 1. The monoisotopic (exact) mass is 251 g/mol. The van der Waals surface area contributed by atoms with Gasteiger partial charge in [-0.1, -0.05) is 6.07 Å². The topological polar surface area (TPSA) is 54.3 Å². The van der Waals surface area contributed by atoms with Gasteiger partial charge in [-0.15, -0.1) is 0 Å². The predicted octanol–water partition coefficient (Wildman–Crippen LogP) is 0.225. The molecule has 1 heterocycles. The lowest BCUT2D eigenvalue weighted by Crippen LogP contribution is -2.33. The van der Waals surface area contributed by atoms with Crippen molar-refractivity contribution in [2.24, 2.45) is 0 Å². The molecule has 0 saturated carbocycles. The molecule has 0 aliphatic carbocycles. The second-order valence-corrected chi connectivity index (χ2v) is 4.63. The third-order valence-corrected chi connectivity index (χ3v) is 2.63. The van der Waals surface area contributed by atoms with Crippen LogP contribution in [0.25, 0.3) is 0 Å². The van der Waals surface area contributed by atoms with Crippen molar-refractivity contribution >= 4 is 5.91 Å². The van der Waals surface area contributed by atoms with Crippen LogP contribution in [-0.2, 0) is 11.3 Å². The first-order valence-electron chi connectivity index (χ1n) is 6.08. The minimum absolute atomic E-state index is 0.0858. The zero-order valence-electron chi connectivity index (χ0n) is 11.3. The van der Waals surface area contributed by atoms with Gasteiger partial charge < -0.3 is 14.8 Å². The summed E-state index contributed by atoms with van der Waals surface area (Å²) in [5, 5.41) is 2.81. The standard InChI is InChI=1S/C13H21N3O2/c1-11-6-4-9-16(13(11)18)10-12(17)14-7-5-8-15(2)3/h4,6,9H,5,7-8,10H2,1-3H3,(H,14,17). The molecule has 0 spiro atoms. The molecule has 0 radical (unpaired) electrons. The van der Waals surface area contributed by atoms with E-state index in [4.69, 9.17) is 0 Å². The Hall–Kier alpha value is -1.62. The van der Waals surface area contributed by atoms with Gasteiger partial charge in [-0.05, 0) is 40.1 Å². The van der Waals surface area contributed by atoms with Gasteiger partial charge in [0.25, 0.3) is 5.56 Å². The average Bonchev–Trinajstić information content (AvgIpc) is 2.30. The lowest BCUT2D eigenvalue weighted by Gasteiger charge is -2.10. The fraction of sp³-hybridized carbons (Fsp3) is 0.538. The van der Waals surface area contributed by atoms with Crippen molar-refractivity contribution in [3.05, 3.63) is 34.2 Å². The molecule has 0 unspecified atom stereocenters. The van der Waals surface area contributed by atoms with Gasteiger partial charge in [-0.2, -0.15) is 0 Å². The van der Waals surface area contributed by atoms with Crippen molar-refractivity contribution in [3.8, 4) is 0 Å². The van der Waals surface area contributed by atoms with Gasteiger partial charge in [0.15, 0.2) is 0 Å². The maximum absolute atomic E-state index is 11.7. The van der Waals surface area contributed by atoms with Gasteiger partial charge in [-0.3, -0.25) is 9.59 Å². The Kier molecular flexibility index (Phi) is 5.58. The third kappa shape index (κ3) is 4.71. The molecule has 18 heavy (non-hydrogen) atoms. The maximum atomic E-state index is 11.7. The largest absolute Gasteiger partial charge is 0.355 e. The summed E-state index contributed by atoms with van der Waals surface area (Å²) in [5.41, 5.74) is 0.541. The van der Waals surface area contributed by atoms with E-state index in [1.165, 1.54) is 4.57 Å². The molecule has 5 nitrogen and oxygen atoms in total. The van der Waals surface area contributed by atoms with Crippen molar-refractivity contribution in [1.29, 1.82) is 0 Å². The molecule has 0 atom stereocenters. The predicted molar refractivity (Wildman–Crippen MR) is 71.6 cm³/mol. The molecular weight excluding hydrogens is 230 g/mol. The Bertz CT molecular complexity index is 452. The number of hydrogen-bond donors (Lipinski definition) is 1. The zero-order valence-corrected chi connectivity index (χ0v) is 11.3. The quantitative estimate of drug-likeness (QED) is 0.736. The summed E-state index contributed by atoms with van der Waals surface area (Å²) in [5.74, 6) is -0.124. The second-order valence-electron chi connectivity index (χ2n) is 4.63. The van der Waals surface area contributed by atoms with Crippen LogP contribution in [0.4, 0.5) is 0 Å². The molecular formula is C13H21N3O2. The summed E-state index contributed by atoms with van der Waals surface area (Å²) < 4.78 is 1.43. The highest BCUT2D eigenvalue weighted by Gasteiger charge is 2.04. The van der Waals surface area contributed by atoms with Crippen LogP contribution in [0.1, 0.15) is 12.0 Å². The third-order valence-electron chi connectivity index (χ3n) is 2.63. The SMILES string of the molecule is Cc1cccn(CC(=O)NCCCN(C)C)c1=O. The lowest BCUT2D eigenvalue weighted by molar-refractivity contribution is -0.121. The van der Waals surface area contributed by atoms with Crippen molar-refractivity contribution in [1.82, 2.24) is 14.8 Å². The van der Waals surface area contributed by atoms with Gasteiger partial charge >= 0.3 is 0 Å².